The average molecular weight is 269 g/mol. The van der Waals surface area contributed by atoms with Crippen molar-refractivity contribution in [3.63, 3.8) is 0 Å². The Kier molecular flexibility index (Phi) is 4.77. The first-order valence-electron chi connectivity index (χ1n) is 6.65. The second-order valence-corrected chi connectivity index (χ2v) is 4.87. The normalized spacial score (nSPS) is 10.1. The van der Waals surface area contributed by atoms with E-state index in [1.54, 1.807) is 0 Å². The van der Waals surface area contributed by atoms with Gasteiger partial charge in [0.25, 0.3) is 5.91 Å². The molecule has 0 saturated carbocycles. The lowest BCUT2D eigenvalue weighted by Gasteiger charge is -2.08. The molecule has 0 spiro atoms. The van der Waals surface area contributed by atoms with Crippen LogP contribution in [0.4, 0.5) is 0 Å². The standard InChI is InChI=1S/C17H19NO2/c1-13-5-3-7-15(9-13)11-18-17(19)12-20-16-8-4-6-14(2)10-16/h3-10H,11-12H2,1-2H3,(H,18,19). The molecule has 3 heteroatoms. The summed E-state index contributed by atoms with van der Waals surface area (Å²) in [5.74, 6) is 0.601. The topological polar surface area (TPSA) is 38.3 Å². The minimum Gasteiger partial charge on any atom is -0.484 e. The van der Waals surface area contributed by atoms with Crippen molar-refractivity contribution in [3.05, 3.63) is 65.2 Å². The summed E-state index contributed by atoms with van der Waals surface area (Å²) in [7, 11) is 0. The summed E-state index contributed by atoms with van der Waals surface area (Å²) in [5, 5.41) is 2.85. The molecule has 0 aromatic heterocycles. The van der Waals surface area contributed by atoms with Crippen LogP contribution >= 0.6 is 0 Å². The van der Waals surface area contributed by atoms with E-state index in [9.17, 15) is 4.79 Å². The minimum absolute atomic E-state index is 0.0370. The SMILES string of the molecule is Cc1cccc(CNC(=O)COc2cccc(C)c2)c1. The van der Waals surface area contributed by atoms with Gasteiger partial charge in [0.1, 0.15) is 5.75 Å². The van der Waals surface area contributed by atoms with Gasteiger partial charge < -0.3 is 10.1 Å². The lowest BCUT2D eigenvalue weighted by Crippen LogP contribution is -2.28. The van der Waals surface area contributed by atoms with E-state index in [2.05, 4.69) is 11.4 Å². The summed E-state index contributed by atoms with van der Waals surface area (Å²) in [6, 6.07) is 15.7. The van der Waals surface area contributed by atoms with Crippen LogP contribution < -0.4 is 10.1 Å². The summed E-state index contributed by atoms with van der Waals surface area (Å²) >= 11 is 0. The van der Waals surface area contributed by atoms with Gasteiger partial charge in [-0.25, -0.2) is 0 Å². The lowest BCUT2D eigenvalue weighted by molar-refractivity contribution is -0.123. The van der Waals surface area contributed by atoms with Crippen LogP contribution in [0, 0.1) is 13.8 Å². The first-order valence-corrected chi connectivity index (χ1v) is 6.65. The highest BCUT2D eigenvalue weighted by atomic mass is 16.5. The molecule has 0 aliphatic rings. The summed E-state index contributed by atoms with van der Waals surface area (Å²) in [5.41, 5.74) is 3.39. The zero-order chi connectivity index (χ0) is 14.4. The molecule has 0 atom stereocenters. The van der Waals surface area contributed by atoms with Crippen LogP contribution in [-0.2, 0) is 11.3 Å². The number of carbonyl (C=O) groups is 1. The molecule has 1 N–H and O–H groups in total. The van der Waals surface area contributed by atoms with Crippen molar-refractivity contribution >= 4 is 5.91 Å². The summed E-state index contributed by atoms with van der Waals surface area (Å²) in [6.07, 6.45) is 0. The maximum absolute atomic E-state index is 11.7. The van der Waals surface area contributed by atoms with Crippen LogP contribution in [0.1, 0.15) is 16.7 Å². The smallest absolute Gasteiger partial charge is 0.258 e. The third kappa shape index (κ3) is 4.43. The molecule has 0 bridgehead atoms. The van der Waals surface area contributed by atoms with Crippen molar-refractivity contribution in [2.75, 3.05) is 6.61 Å². The van der Waals surface area contributed by atoms with E-state index in [1.165, 1.54) is 5.56 Å². The number of amides is 1. The molecule has 0 aliphatic heterocycles. The molecule has 20 heavy (non-hydrogen) atoms. The largest absolute Gasteiger partial charge is 0.484 e. The zero-order valence-electron chi connectivity index (χ0n) is 11.8. The maximum Gasteiger partial charge on any atom is 0.258 e. The van der Waals surface area contributed by atoms with Gasteiger partial charge in [0.15, 0.2) is 6.61 Å². The Labute approximate surface area is 119 Å². The van der Waals surface area contributed by atoms with Crippen LogP contribution in [0.2, 0.25) is 0 Å². The third-order valence-corrected chi connectivity index (χ3v) is 2.93. The molecule has 2 rings (SSSR count). The number of aryl methyl sites for hydroxylation is 2. The minimum atomic E-state index is -0.118. The fraction of sp³-hybridized carbons (Fsp3) is 0.235. The molecular weight excluding hydrogens is 250 g/mol. The van der Waals surface area contributed by atoms with Gasteiger partial charge in [0, 0.05) is 6.54 Å². The van der Waals surface area contributed by atoms with Crippen LogP contribution in [0.25, 0.3) is 0 Å². The van der Waals surface area contributed by atoms with E-state index < -0.39 is 0 Å². The Hall–Kier alpha value is -2.29. The average Bonchev–Trinajstić information content (AvgIpc) is 2.43. The van der Waals surface area contributed by atoms with Gasteiger partial charge >= 0.3 is 0 Å². The number of nitrogens with one attached hydrogen (secondary N) is 1. The first-order chi connectivity index (χ1) is 9.63. The van der Waals surface area contributed by atoms with Gasteiger partial charge in [-0.15, -0.1) is 0 Å². The highest BCUT2D eigenvalue weighted by Gasteiger charge is 2.03. The number of rotatable bonds is 5. The van der Waals surface area contributed by atoms with E-state index in [0.29, 0.717) is 6.54 Å². The number of hydrogen-bond acceptors (Lipinski definition) is 2. The quantitative estimate of drug-likeness (QED) is 0.906. The Bertz CT molecular complexity index is 542. The first kappa shape index (κ1) is 14.1. The van der Waals surface area contributed by atoms with Crippen molar-refractivity contribution in [1.82, 2.24) is 5.32 Å². The summed E-state index contributed by atoms with van der Waals surface area (Å²) in [4.78, 5) is 11.7. The van der Waals surface area contributed by atoms with E-state index >= 15 is 0 Å². The fourth-order valence-corrected chi connectivity index (χ4v) is 1.93. The molecule has 104 valence electrons. The number of hydrogen-bond donors (Lipinski definition) is 1. The summed E-state index contributed by atoms with van der Waals surface area (Å²) < 4.78 is 5.45. The van der Waals surface area contributed by atoms with Crippen LogP contribution in [-0.4, -0.2) is 12.5 Å². The Morgan fingerprint density at radius 3 is 2.45 bits per heavy atom. The molecule has 0 heterocycles. The zero-order valence-corrected chi connectivity index (χ0v) is 11.8. The molecular formula is C17H19NO2. The van der Waals surface area contributed by atoms with Gasteiger partial charge in [-0.05, 0) is 37.1 Å². The van der Waals surface area contributed by atoms with E-state index in [-0.39, 0.29) is 12.5 Å². The van der Waals surface area contributed by atoms with Gasteiger partial charge in [0.2, 0.25) is 0 Å². The molecule has 0 radical (unpaired) electrons. The van der Waals surface area contributed by atoms with Crippen LogP contribution in [0.5, 0.6) is 5.75 Å². The predicted octanol–water partition coefficient (Wildman–Crippen LogP) is 3.00. The van der Waals surface area contributed by atoms with Crippen LogP contribution in [0.3, 0.4) is 0 Å². The monoisotopic (exact) mass is 269 g/mol. The summed E-state index contributed by atoms with van der Waals surface area (Å²) in [6.45, 7) is 4.59. The van der Waals surface area contributed by atoms with Crippen molar-refractivity contribution in [2.24, 2.45) is 0 Å². The van der Waals surface area contributed by atoms with Crippen molar-refractivity contribution in [3.8, 4) is 5.75 Å². The maximum atomic E-state index is 11.7. The molecule has 0 saturated heterocycles. The van der Waals surface area contributed by atoms with Crippen molar-refractivity contribution in [1.29, 1.82) is 0 Å². The van der Waals surface area contributed by atoms with Gasteiger partial charge in [0.05, 0.1) is 0 Å². The van der Waals surface area contributed by atoms with Gasteiger partial charge in [-0.2, -0.15) is 0 Å². The Morgan fingerprint density at radius 1 is 1.05 bits per heavy atom. The Morgan fingerprint density at radius 2 is 1.75 bits per heavy atom. The molecule has 3 nitrogen and oxygen atoms in total. The molecule has 0 fully saturated rings. The second-order valence-electron chi connectivity index (χ2n) is 4.87. The van der Waals surface area contributed by atoms with E-state index in [1.807, 2.05) is 56.3 Å². The molecule has 1 amide bonds. The van der Waals surface area contributed by atoms with Crippen LogP contribution in [0.15, 0.2) is 48.5 Å². The predicted molar refractivity (Wildman–Crippen MR) is 79.7 cm³/mol. The molecule has 2 aromatic rings. The molecule has 0 unspecified atom stereocenters. The number of benzene rings is 2. The van der Waals surface area contributed by atoms with Crippen molar-refractivity contribution in [2.45, 2.75) is 20.4 Å². The second kappa shape index (κ2) is 6.75. The lowest BCUT2D eigenvalue weighted by atomic mass is 10.1. The fourth-order valence-electron chi connectivity index (χ4n) is 1.93. The van der Waals surface area contributed by atoms with Crippen molar-refractivity contribution < 1.29 is 9.53 Å². The van der Waals surface area contributed by atoms with E-state index in [0.717, 1.165) is 16.9 Å². The van der Waals surface area contributed by atoms with Gasteiger partial charge in [-0.3, -0.25) is 4.79 Å². The third-order valence-electron chi connectivity index (χ3n) is 2.93. The highest BCUT2D eigenvalue weighted by molar-refractivity contribution is 5.77. The number of ether oxygens (including phenoxy) is 1. The molecule has 2 aromatic carbocycles. The molecule has 0 aliphatic carbocycles. The highest BCUT2D eigenvalue weighted by Crippen LogP contribution is 2.11. The Balaban J connectivity index is 1.78. The number of carbonyl (C=O) groups excluding carboxylic acids is 1. The van der Waals surface area contributed by atoms with Gasteiger partial charge in [-0.1, -0.05) is 42.0 Å². The van der Waals surface area contributed by atoms with E-state index in [4.69, 9.17) is 4.74 Å².